The van der Waals surface area contributed by atoms with Gasteiger partial charge in [-0.1, -0.05) is 36.8 Å². The fourth-order valence-electron chi connectivity index (χ4n) is 6.92. The van der Waals surface area contributed by atoms with Crippen molar-refractivity contribution < 1.29 is 19.7 Å². The molecule has 2 aliphatic rings. The van der Waals surface area contributed by atoms with E-state index in [-0.39, 0.29) is 23.8 Å². The fraction of sp³-hybridized carbons (Fsp3) is 0.543. The number of benzene rings is 2. The number of ether oxygens (including phenoxy) is 1. The summed E-state index contributed by atoms with van der Waals surface area (Å²) in [6, 6.07) is 14.9. The molecule has 2 fully saturated rings. The Labute approximate surface area is 260 Å². The number of hydrogen-bond donors (Lipinski definition) is 4. The second-order valence-electron chi connectivity index (χ2n) is 12.4. The monoisotopic (exact) mass is 604 g/mol. The maximum Gasteiger partial charge on any atom is 0.248 e. The number of amides is 1. The molecule has 44 heavy (non-hydrogen) atoms. The summed E-state index contributed by atoms with van der Waals surface area (Å²) >= 11 is 0. The highest BCUT2D eigenvalue weighted by molar-refractivity contribution is 5.87. The highest BCUT2D eigenvalue weighted by atomic mass is 16.5. The summed E-state index contributed by atoms with van der Waals surface area (Å²) in [5.41, 5.74) is 3.27. The molecule has 9 heteroatoms. The first-order valence-corrected chi connectivity index (χ1v) is 16.3. The molecule has 1 saturated heterocycles. The van der Waals surface area contributed by atoms with E-state index in [1.807, 2.05) is 6.92 Å². The predicted octanol–water partition coefficient (Wildman–Crippen LogP) is 3.63. The van der Waals surface area contributed by atoms with Crippen molar-refractivity contribution in [1.29, 1.82) is 0 Å². The van der Waals surface area contributed by atoms with E-state index < -0.39 is 6.10 Å². The highest BCUT2D eigenvalue weighted by Gasteiger charge is 2.35. The van der Waals surface area contributed by atoms with Gasteiger partial charge in [-0.05, 0) is 73.3 Å². The van der Waals surface area contributed by atoms with Gasteiger partial charge in [0.1, 0.15) is 5.75 Å². The summed E-state index contributed by atoms with van der Waals surface area (Å²) in [4.78, 5) is 31.5. The number of aromatic amines is 1. The third-order valence-electron chi connectivity index (χ3n) is 9.40. The summed E-state index contributed by atoms with van der Waals surface area (Å²) in [5.74, 6) is 1.90. The normalized spacial score (nSPS) is 19.0. The molecule has 0 spiro atoms. The number of aliphatic hydroxyl groups is 1. The number of carbonyl (C=O) groups excluding carboxylic acids is 1. The number of likely N-dealkylation sites (tertiary alicyclic amines) is 1. The van der Waals surface area contributed by atoms with Crippen molar-refractivity contribution in [2.45, 2.75) is 51.6 Å². The zero-order valence-corrected chi connectivity index (χ0v) is 26.0. The Morgan fingerprint density at radius 3 is 2.64 bits per heavy atom. The van der Waals surface area contributed by atoms with Crippen LogP contribution in [0.5, 0.6) is 5.75 Å². The first-order chi connectivity index (χ1) is 21.4. The first kappa shape index (κ1) is 32.2. The van der Waals surface area contributed by atoms with Crippen molar-refractivity contribution in [2.75, 3.05) is 59.0 Å². The Morgan fingerprint density at radius 2 is 1.86 bits per heavy atom. The third-order valence-corrected chi connectivity index (χ3v) is 9.40. The van der Waals surface area contributed by atoms with Gasteiger partial charge in [-0.2, -0.15) is 0 Å². The van der Waals surface area contributed by atoms with Crippen molar-refractivity contribution in [3.8, 4) is 5.75 Å². The van der Waals surface area contributed by atoms with Crippen molar-refractivity contribution in [3.05, 3.63) is 75.6 Å². The van der Waals surface area contributed by atoms with E-state index in [1.165, 1.54) is 55.6 Å². The number of phenols is 1. The molecule has 238 valence electrons. The minimum atomic E-state index is -0.839. The second-order valence-corrected chi connectivity index (χ2v) is 12.4. The van der Waals surface area contributed by atoms with Gasteiger partial charge in [0.2, 0.25) is 11.5 Å². The van der Waals surface area contributed by atoms with Crippen LogP contribution in [0.15, 0.2) is 53.3 Å². The van der Waals surface area contributed by atoms with E-state index >= 15 is 0 Å². The predicted molar refractivity (Wildman–Crippen MR) is 173 cm³/mol. The van der Waals surface area contributed by atoms with Crippen LogP contribution in [0.2, 0.25) is 0 Å². The summed E-state index contributed by atoms with van der Waals surface area (Å²) < 4.78 is 5.84. The molecule has 0 radical (unpaired) electrons. The van der Waals surface area contributed by atoms with Gasteiger partial charge in [0.25, 0.3) is 0 Å². The average molecular weight is 605 g/mol. The SMILES string of the molecule is CCN(CCNCC(O)c1ccc(O)c2[nH]c(=O)ccc12)C(=O)CCOCCc1cccc(CCN2CC3CCCC3C2)c1. The maximum absolute atomic E-state index is 12.8. The molecule has 3 unspecified atom stereocenters. The van der Waals surface area contributed by atoms with Crippen LogP contribution >= 0.6 is 0 Å². The van der Waals surface area contributed by atoms with Crippen molar-refractivity contribution in [2.24, 2.45) is 11.8 Å². The smallest absolute Gasteiger partial charge is 0.248 e. The van der Waals surface area contributed by atoms with E-state index in [0.29, 0.717) is 55.7 Å². The number of carbonyl (C=O) groups is 1. The molecule has 4 N–H and O–H groups in total. The molecule has 3 atom stereocenters. The van der Waals surface area contributed by atoms with Crippen LogP contribution in [0, 0.1) is 11.8 Å². The minimum absolute atomic E-state index is 0.0401. The first-order valence-electron chi connectivity index (χ1n) is 16.3. The number of nitrogens with one attached hydrogen (secondary N) is 2. The molecule has 2 aromatic carbocycles. The van der Waals surface area contributed by atoms with Gasteiger partial charge < -0.3 is 35.1 Å². The minimum Gasteiger partial charge on any atom is -0.506 e. The maximum atomic E-state index is 12.8. The molecular weight excluding hydrogens is 556 g/mol. The standard InChI is InChI=1S/C35H48N4O5/c1-2-39(18-16-36-22-32(41)29-9-11-31(40)35-30(29)10-12-33(42)37-35)34(43)15-20-44-19-14-26-6-3-5-25(21-26)13-17-38-23-27-7-4-8-28(27)24-38/h3,5-6,9-12,21,27-28,32,36,40-41H,2,4,7-8,13-20,22-24H2,1H3,(H,37,42). The number of hydrogen-bond acceptors (Lipinski definition) is 7. The molecule has 1 aliphatic heterocycles. The molecule has 1 aliphatic carbocycles. The Kier molecular flexibility index (Phi) is 11.4. The Bertz CT molecular complexity index is 1430. The zero-order valence-electron chi connectivity index (χ0n) is 26.0. The summed E-state index contributed by atoms with van der Waals surface area (Å²) in [7, 11) is 0. The molecule has 2 heterocycles. The lowest BCUT2D eigenvalue weighted by molar-refractivity contribution is -0.132. The van der Waals surface area contributed by atoms with Crippen molar-refractivity contribution in [1.82, 2.24) is 20.1 Å². The van der Waals surface area contributed by atoms with Crippen LogP contribution in [0.4, 0.5) is 0 Å². The number of phenolic OH excluding ortho intramolecular Hbond substituents is 1. The highest BCUT2D eigenvalue weighted by Crippen LogP contribution is 2.37. The summed E-state index contributed by atoms with van der Waals surface area (Å²) in [6.45, 7) is 8.60. The lowest BCUT2D eigenvalue weighted by Crippen LogP contribution is -2.38. The number of H-pyrrole nitrogens is 1. The van der Waals surface area contributed by atoms with Crippen LogP contribution in [0.1, 0.15) is 55.4 Å². The van der Waals surface area contributed by atoms with Crippen LogP contribution in [-0.4, -0.2) is 89.9 Å². The summed E-state index contributed by atoms with van der Waals surface area (Å²) in [6.07, 6.45) is 5.71. The van der Waals surface area contributed by atoms with E-state index in [1.54, 1.807) is 17.0 Å². The molecule has 3 aromatic rings. The number of aromatic nitrogens is 1. The van der Waals surface area contributed by atoms with Gasteiger partial charge in [-0.3, -0.25) is 9.59 Å². The summed E-state index contributed by atoms with van der Waals surface area (Å²) in [5, 5.41) is 24.6. The van der Waals surface area contributed by atoms with E-state index in [2.05, 4.69) is 39.5 Å². The van der Waals surface area contributed by atoms with Crippen LogP contribution in [-0.2, 0) is 22.4 Å². The molecule has 1 aromatic heterocycles. The molecule has 1 amide bonds. The van der Waals surface area contributed by atoms with Crippen LogP contribution in [0.25, 0.3) is 10.9 Å². The average Bonchev–Trinajstić information content (AvgIpc) is 3.63. The number of rotatable bonds is 16. The van der Waals surface area contributed by atoms with Gasteiger partial charge in [0.05, 0.1) is 31.3 Å². The van der Waals surface area contributed by atoms with Crippen molar-refractivity contribution >= 4 is 16.8 Å². The van der Waals surface area contributed by atoms with Gasteiger partial charge >= 0.3 is 0 Å². The van der Waals surface area contributed by atoms with Gasteiger partial charge in [0.15, 0.2) is 0 Å². The largest absolute Gasteiger partial charge is 0.506 e. The fourth-order valence-corrected chi connectivity index (χ4v) is 6.92. The lowest BCUT2D eigenvalue weighted by atomic mass is 10.0. The van der Waals surface area contributed by atoms with Gasteiger partial charge in [-0.15, -0.1) is 0 Å². The Morgan fingerprint density at radius 1 is 1.09 bits per heavy atom. The molecule has 1 saturated carbocycles. The van der Waals surface area contributed by atoms with Crippen LogP contribution < -0.4 is 10.9 Å². The number of aromatic hydroxyl groups is 1. The number of fused-ring (bicyclic) bond motifs is 2. The molecule has 9 nitrogen and oxygen atoms in total. The topological polar surface area (TPSA) is 118 Å². The van der Waals surface area contributed by atoms with Gasteiger partial charge in [-0.25, -0.2) is 0 Å². The lowest BCUT2D eigenvalue weighted by Gasteiger charge is -2.22. The van der Waals surface area contributed by atoms with Crippen molar-refractivity contribution in [3.63, 3.8) is 0 Å². The van der Waals surface area contributed by atoms with E-state index in [9.17, 15) is 19.8 Å². The number of nitrogens with zero attached hydrogens (tertiary/aromatic N) is 2. The number of aliphatic hydroxyl groups excluding tert-OH is 1. The molecular formula is C35H48N4O5. The van der Waals surface area contributed by atoms with Crippen LogP contribution in [0.3, 0.4) is 0 Å². The number of likely N-dealkylation sites (N-methyl/N-ethyl adjacent to an activating group) is 1. The van der Waals surface area contributed by atoms with E-state index in [0.717, 1.165) is 31.2 Å². The van der Waals surface area contributed by atoms with Gasteiger partial charge in [0, 0.05) is 57.3 Å². The quantitative estimate of drug-likeness (QED) is 0.185. The van der Waals surface area contributed by atoms with E-state index in [4.69, 9.17) is 4.74 Å². The molecule has 5 rings (SSSR count). The number of pyridine rings is 1. The zero-order chi connectivity index (χ0) is 30.9. The molecule has 0 bridgehead atoms. The Hall–Kier alpha value is -3.24. The Balaban J connectivity index is 0.962. The third kappa shape index (κ3) is 8.47. The second kappa shape index (κ2) is 15.7.